The predicted molar refractivity (Wildman–Crippen MR) is 47.5 cm³/mol. The number of nitrogens with one attached hydrogen (secondary N) is 1. The molecule has 1 fully saturated rings. The van der Waals surface area contributed by atoms with Gasteiger partial charge >= 0.3 is 0 Å². The Balaban J connectivity index is 2.19. The summed E-state index contributed by atoms with van der Waals surface area (Å²) in [6.45, 7) is 1.11. The number of terminal acetylenes is 1. The minimum absolute atomic E-state index is 0.504. The van der Waals surface area contributed by atoms with E-state index in [0.717, 1.165) is 6.54 Å². The molecule has 12 heavy (non-hydrogen) atoms. The summed E-state index contributed by atoms with van der Waals surface area (Å²) >= 11 is 0. The maximum Gasteiger partial charge on any atom is 0.112 e. The molecule has 0 aromatic carbocycles. The van der Waals surface area contributed by atoms with Crippen LogP contribution in [0, 0.1) is 12.3 Å². The molecule has 0 unspecified atom stereocenters. The highest BCUT2D eigenvalue weighted by atomic mass is 15.0. The average Bonchev–Trinajstić information content (AvgIpc) is 2.03. The Kier molecular flexibility index (Phi) is 1.81. The molecule has 1 aliphatic rings. The van der Waals surface area contributed by atoms with Crippen molar-refractivity contribution in [2.75, 3.05) is 6.54 Å². The first-order valence-corrected chi connectivity index (χ1v) is 4.06. The van der Waals surface area contributed by atoms with Crippen LogP contribution in [0.5, 0.6) is 0 Å². The van der Waals surface area contributed by atoms with Crippen LogP contribution in [0.15, 0.2) is 18.3 Å². The zero-order valence-corrected chi connectivity index (χ0v) is 6.75. The second-order valence-electron chi connectivity index (χ2n) is 2.92. The van der Waals surface area contributed by atoms with Crippen LogP contribution in [0.4, 0.5) is 0 Å². The number of rotatable bonds is 1. The number of pyridine rings is 1. The van der Waals surface area contributed by atoms with Gasteiger partial charge in [-0.3, -0.25) is 0 Å². The number of hydrogen-bond acceptors (Lipinski definition) is 2. The van der Waals surface area contributed by atoms with Gasteiger partial charge in [-0.05, 0) is 24.6 Å². The van der Waals surface area contributed by atoms with Crippen LogP contribution in [0.3, 0.4) is 0 Å². The minimum atomic E-state index is 0.504. The fraction of sp³-hybridized carbons (Fsp3) is 0.300. The summed E-state index contributed by atoms with van der Waals surface area (Å²) in [4.78, 5) is 4.12. The number of hydrogen-bond donors (Lipinski definition) is 1. The lowest BCUT2D eigenvalue weighted by atomic mass is 10.00. The van der Waals surface area contributed by atoms with Crippen LogP contribution in [0.1, 0.15) is 23.7 Å². The van der Waals surface area contributed by atoms with Gasteiger partial charge in [0, 0.05) is 12.2 Å². The molecule has 0 radical (unpaired) electrons. The summed E-state index contributed by atoms with van der Waals surface area (Å²) in [6.07, 6.45) is 8.25. The molecule has 1 aromatic heterocycles. The lowest BCUT2D eigenvalue weighted by Gasteiger charge is -2.27. The summed E-state index contributed by atoms with van der Waals surface area (Å²) in [7, 11) is 0. The van der Waals surface area contributed by atoms with E-state index in [4.69, 9.17) is 6.42 Å². The van der Waals surface area contributed by atoms with E-state index in [1.165, 1.54) is 12.0 Å². The smallest absolute Gasteiger partial charge is 0.112 e. The zero-order valence-electron chi connectivity index (χ0n) is 6.75. The maximum absolute atomic E-state index is 5.19. The van der Waals surface area contributed by atoms with Gasteiger partial charge in [0.15, 0.2) is 0 Å². The van der Waals surface area contributed by atoms with Gasteiger partial charge in [0.25, 0.3) is 0 Å². The van der Waals surface area contributed by atoms with E-state index < -0.39 is 0 Å². The van der Waals surface area contributed by atoms with Crippen LogP contribution >= 0.6 is 0 Å². The van der Waals surface area contributed by atoms with E-state index in [2.05, 4.69) is 16.2 Å². The Morgan fingerprint density at radius 3 is 2.83 bits per heavy atom. The predicted octanol–water partition coefficient (Wildman–Crippen LogP) is 1.10. The van der Waals surface area contributed by atoms with Gasteiger partial charge in [0.05, 0.1) is 0 Å². The second-order valence-corrected chi connectivity index (χ2v) is 2.92. The first kappa shape index (κ1) is 7.33. The minimum Gasteiger partial charge on any atom is -0.310 e. The first-order chi connectivity index (χ1) is 5.90. The van der Waals surface area contributed by atoms with Crippen molar-refractivity contribution in [2.45, 2.75) is 12.5 Å². The molecular weight excluding hydrogens is 148 g/mol. The monoisotopic (exact) mass is 158 g/mol. The lowest BCUT2D eigenvalue weighted by molar-refractivity contribution is 0.382. The summed E-state index contributed by atoms with van der Waals surface area (Å²) in [5, 5.41) is 3.31. The molecule has 1 aromatic rings. The van der Waals surface area contributed by atoms with Gasteiger partial charge in [-0.2, -0.15) is 0 Å². The molecule has 0 aliphatic carbocycles. The van der Waals surface area contributed by atoms with Crippen LogP contribution in [0.2, 0.25) is 0 Å². The maximum atomic E-state index is 5.19. The topological polar surface area (TPSA) is 24.9 Å². The quantitative estimate of drug-likeness (QED) is 0.619. The Morgan fingerprint density at radius 1 is 1.58 bits per heavy atom. The highest BCUT2D eigenvalue weighted by Crippen LogP contribution is 2.21. The zero-order chi connectivity index (χ0) is 8.39. The van der Waals surface area contributed by atoms with E-state index in [9.17, 15) is 0 Å². The Hall–Kier alpha value is -1.33. The summed E-state index contributed by atoms with van der Waals surface area (Å²) in [6, 6.07) is 4.43. The van der Waals surface area contributed by atoms with Gasteiger partial charge in [0.1, 0.15) is 5.69 Å². The van der Waals surface area contributed by atoms with E-state index in [0.29, 0.717) is 11.7 Å². The van der Waals surface area contributed by atoms with E-state index in [1.807, 2.05) is 18.3 Å². The van der Waals surface area contributed by atoms with Crippen LogP contribution in [-0.4, -0.2) is 11.5 Å². The summed E-state index contributed by atoms with van der Waals surface area (Å²) < 4.78 is 0. The third-order valence-electron chi connectivity index (χ3n) is 2.16. The SMILES string of the molecule is C#Cc1ccc([C@@H]2CCN2)cn1. The van der Waals surface area contributed by atoms with Crippen molar-refractivity contribution in [3.8, 4) is 12.3 Å². The Bertz CT molecular complexity index is 304. The average molecular weight is 158 g/mol. The summed E-state index contributed by atoms with van der Waals surface area (Å²) in [5.74, 6) is 2.50. The molecule has 2 rings (SSSR count). The fourth-order valence-electron chi connectivity index (χ4n) is 1.27. The summed E-state index contributed by atoms with van der Waals surface area (Å²) in [5.41, 5.74) is 1.94. The molecule has 0 bridgehead atoms. The molecule has 1 aliphatic heterocycles. The van der Waals surface area contributed by atoms with E-state index >= 15 is 0 Å². The van der Waals surface area contributed by atoms with Crippen molar-refractivity contribution in [2.24, 2.45) is 0 Å². The Labute approximate surface area is 72.0 Å². The van der Waals surface area contributed by atoms with Gasteiger partial charge < -0.3 is 5.32 Å². The highest BCUT2D eigenvalue weighted by molar-refractivity contribution is 5.28. The van der Waals surface area contributed by atoms with Gasteiger partial charge in [-0.25, -0.2) is 4.98 Å². The molecule has 60 valence electrons. The first-order valence-electron chi connectivity index (χ1n) is 4.06. The van der Waals surface area contributed by atoms with Gasteiger partial charge in [-0.1, -0.05) is 12.0 Å². The molecule has 1 N–H and O–H groups in total. The molecular formula is C10H10N2. The molecule has 2 heteroatoms. The second kappa shape index (κ2) is 2.96. The van der Waals surface area contributed by atoms with Crippen molar-refractivity contribution < 1.29 is 0 Å². The largest absolute Gasteiger partial charge is 0.310 e. The Morgan fingerprint density at radius 2 is 2.42 bits per heavy atom. The van der Waals surface area contributed by atoms with Crippen molar-refractivity contribution in [3.63, 3.8) is 0 Å². The molecule has 0 saturated carbocycles. The number of aromatic nitrogens is 1. The van der Waals surface area contributed by atoms with Crippen LogP contribution in [0.25, 0.3) is 0 Å². The van der Waals surface area contributed by atoms with Crippen molar-refractivity contribution in [1.29, 1.82) is 0 Å². The van der Waals surface area contributed by atoms with E-state index in [1.54, 1.807) is 0 Å². The van der Waals surface area contributed by atoms with E-state index in [-0.39, 0.29) is 0 Å². The van der Waals surface area contributed by atoms with Crippen molar-refractivity contribution in [3.05, 3.63) is 29.6 Å². The molecule has 1 saturated heterocycles. The highest BCUT2D eigenvalue weighted by Gasteiger charge is 2.17. The standard InChI is InChI=1S/C10H10N2/c1-2-9-4-3-8(7-12-9)10-5-6-11-10/h1,3-4,7,10-11H,5-6H2/t10-/m0/s1. The van der Waals surface area contributed by atoms with Crippen molar-refractivity contribution in [1.82, 2.24) is 10.3 Å². The molecule has 0 spiro atoms. The molecule has 2 nitrogen and oxygen atoms in total. The van der Waals surface area contributed by atoms with Crippen LogP contribution < -0.4 is 5.32 Å². The lowest BCUT2D eigenvalue weighted by Crippen LogP contribution is -2.34. The normalized spacial score (nSPS) is 21.1. The van der Waals surface area contributed by atoms with Crippen LogP contribution in [-0.2, 0) is 0 Å². The molecule has 0 amide bonds. The molecule has 2 heterocycles. The van der Waals surface area contributed by atoms with Gasteiger partial charge in [0.2, 0.25) is 0 Å². The molecule has 1 atom stereocenters. The third-order valence-corrected chi connectivity index (χ3v) is 2.16. The number of nitrogens with zero attached hydrogens (tertiary/aromatic N) is 1. The van der Waals surface area contributed by atoms with Crippen molar-refractivity contribution >= 4 is 0 Å². The third kappa shape index (κ3) is 1.19. The van der Waals surface area contributed by atoms with Gasteiger partial charge in [-0.15, -0.1) is 6.42 Å². The fourth-order valence-corrected chi connectivity index (χ4v) is 1.27.